The lowest BCUT2D eigenvalue weighted by atomic mass is 9.87. The summed E-state index contributed by atoms with van der Waals surface area (Å²) in [6.07, 6.45) is 0.185. The fraction of sp³-hybridized carbons (Fsp3) is 0.500. The first-order valence-electron chi connectivity index (χ1n) is 8.70. The molecule has 1 aromatic carbocycles. The summed E-state index contributed by atoms with van der Waals surface area (Å²) < 4.78 is 11.8. The normalized spacial score (nSPS) is 21.2. The molecule has 5 heteroatoms. The van der Waals surface area contributed by atoms with Gasteiger partial charge in [0.15, 0.2) is 0 Å². The van der Waals surface area contributed by atoms with Crippen LogP contribution in [-0.2, 0) is 10.2 Å². The molecular weight excluding hydrogens is 314 g/mol. The van der Waals surface area contributed by atoms with Crippen LogP contribution in [0.15, 0.2) is 28.7 Å². The second-order valence-electron chi connectivity index (χ2n) is 7.77. The smallest absolute Gasteiger partial charge is 0.235 e. The zero-order chi connectivity index (χ0) is 18.2. The number of oxazole rings is 1. The zero-order valence-corrected chi connectivity index (χ0v) is 15.5. The molecule has 2 aromatic rings. The molecule has 2 atom stereocenters. The van der Waals surface area contributed by atoms with Crippen molar-refractivity contribution in [3.05, 3.63) is 35.5 Å². The number of aromatic nitrogens is 1. The SMILES string of the molecule is CC1CN(c2oc(-c3ccc(C(C)(C)C)cc3)nc2C#N)CC(C)O1. The van der Waals surface area contributed by atoms with Crippen molar-refractivity contribution in [3.63, 3.8) is 0 Å². The van der Waals surface area contributed by atoms with E-state index in [2.05, 4.69) is 48.9 Å². The second kappa shape index (κ2) is 6.53. The minimum atomic E-state index is 0.0925. The molecule has 1 aliphatic rings. The van der Waals surface area contributed by atoms with Gasteiger partial charge in [-0.25, -0.2) is 0 Å². The van der Waals surface area contributed by atoms with Crippen LogP contribution in [0.25, 0.3) is 11.5 Å². The Morgan fingerprint density at radius 3 is 2.24 bits per heavy atom. The average Bonchev–Trinajstić information content (AvgIpc) is 2.97. The van der Waals surface area contributed by atoms with Crippen LogP contribution in [0.3, 0.4) is 0 Å². The Kier molecular flexibility index (Phi) is 4.57. The monoisotopic (exact) mass is 339 g/mol. The maximum absolute atomic E-state index is 9.46. The summed E-state index contributed by atoms with van der Waals surface area (Å²) in [5.41, 5.74) is 2.55. The number of morpholine rings is 1. The second-order valence-corrected chi connectivity index (χ2v) is 7.77. The third kappa shape index (κ3) is 3.69. The molecule has 0 spiro atoms. The molecule has 25 heavy (non-hydrogen) atoms. The molecular formula is C20H25N3O2. The molecule has 1 fully saturated rings. The lowest BCUT2D eigenvalue weighted by Gasteiger charge is -2.34. The topological polar surface area (TPSA) is 62.3 Å². The summed E-state index contributed by atoms with van der Waals surface area (Å²) in [4.78, 5) is 6.46. The van der Waals surface area contributed by atoms with Crippen molar-refractivity contribution in [2.45, 2.75) is 52.2 Å². The summed E-state index contributed by atoms with van der Waals surface area (Å²) in [7, 11) is 0. The highest BCUT2D eigenvalue weighted by atomic mass is 16.5. The summed E-state index contributed by atoms with van der Waals surface area (Å²) >= 11 is 0. The van der Waals surface area contributed by atoms with Gasteiger partial charge in [0.25, 0.3) is 0 Å². The van der Waals surface area contributed by atoms with Crippen molar-refractivity contribution in [2.24, 2.45) is 0 Å². The molecule has 0 saturated carbocycles. The minimum Gasteiger partial charge on any atom is -0.419 e. The Labute approximate surface area is 149 Å². The molecule has 1 aliphatic heterocycles. The highest BCUT2D eigenvalue weighted by molar-refractivity contribution is 5.60. The van der Waals surface area contributed by atoms with Gasteiger partial charge in [-0.1, -0.05) is 32.9 Å². The van der Waals surface area contributed by atoms with Crippen LogP contribution in [0.2, 0.25) is 0 Å². The summed E-state index contributed by atoms with van der Waals surface area (Å²) in [6, 6.07) is 10.3. The lowest BCUT2D eigenvalue weighted by Crippen LogP contribution is -2.45. The van der Waals surface area contributed by atoms with Gasteiger partial charge in [0.2, 0.25) is 17.5 Å². The molecule has 0 amide bonds. The van der Waals surface area contributed by atoms with Crippen LogP contribution < -0.4 is 4.90 Å². The van der Waals surface area contributed by atoms with E-state index in [0.29, 0.717) is 30.6 Å². The van der Waals surface area contributed by atoms with Gasteiger partial charge in [0.05, 0.1) is 12.2 Å². The molecule has 2 unspecified atom stereocenters. The van der Waals surface area contributed by atoms with Crippen molar-refractivity contribution in [3.8, 4) is 17.5 Å². The molecule has 1 saturated heterocycles. The van der Waals surface area contributed by atoms with Gasteiger partial charge in [-0.05, 0) is 37.0 Å². The van der Waals surface area contributed by atoms with Gasteiger partial charge >= 0.3 is 0 Å². The fourth-order valence-corrected chi connectivity index (χ4v) is 3.18. The van der Waals surface area contributed by atoms with Gasteiger partial charge < -0.3 is 14.1 Å². The van der Waals surface area contributed by atoms with Crippen LogP contribution in [0.5, 0.6) is 0 Å². The van der Waals surface area contributed by atoms with Crippen LogP contribution in [0.4, 0.5) is 5.88 Å². The van der Waals surface area contributed by atoms with Crippen LogP contribution in [0, 0.1) is 11.3 Å². The van der Waals surface area contributed by atoms with Gasteiger partial charge in [-0.15, -0.1) is 0 Å². The molecule has 0 bridgehead atoms. The first-order valence-corrected chi connectivity index (χ1v) is 8.70. The number of ether oxygens (including phenoxy) is 1. The third-order valence-electron chi connectivity index (χ3n) is 4.42. The molecule has 0 aliphatic carbocycles. The highest BCUT2D eigenvalue weighted by Crippen LogP contribution is 2.31. The lowest BCUT2D eigenvalue weighted by molar-refractivity contribution is -0.00638. The minimum absolute atomic E-state index is 0.0925. The number of benzene rings is 1. The van der Waals surface area contributed by atoms with Crippen molar-refractivity contribution in [2.75, 3.05) is 18.0 Å². The van der Waals surface area contributed by atoms with Crippen LogP contribution >= 0.6 is 0 Å². The van der Waals surface area contributed by atoms with Gasteiger partial charge in [0, 0.05) is 18.7 Å². The van der Waals surface area contributed by atoms with E-state index in [1.807, 2.05) is 26.0 Å². The number of nitrogens with zero attached hydrogens (tertiary/aromatic N) is 3. The van der Waals surface area contributed by atoms with Crippen molar-refractivity contribution < 1.29 is 9.15 Å². The van der Waals surface area contributed by atoms with E-state index in [4.69, 9.17) is 9.15 Å². The summed E-state index contributed by atoms with van der Waals surface area (Å²) in [5.74, 6) is 1.03. The van der Waals surface area contributed by atoms with E-state index < -0.39 is 0 Å². The van der Waals surface area contributed by atoms with Gasteiger partial charge in [0.1, 0.15) is 6.07 Å². The van der Waals surface area contributed by atoms with E-state index in [1.54, 1.807) is 0 Å². The number of anilines is 1. The van der Waals surface area contributed by atoms with E-state index >= 15 is 0 Å². The molecule has 0 radical (unpaired) electrons. The van der Waals surface area contributed by atoms with E-state index in [0.717, 1.165) is 5.56 Å². The maximum Gasteiger partial charge on any atom is 0.235 e. The van der Waals surface area contributed by atoms with Gasteiger partial charge in [-0.3, -0.25) is 0 Å². The Morgan fingerprint density at radius 1 is 1.12 bits per heavy atom. The largest absolute Gasteiger partial charge is 0.419 e. The Morgan fingerprint density at radius 2 is 1.72 bits per heavy atom. The quantitative estimate of drug-likeness (QED) is 0.823. The van der Waals surface area contributed by atoms with E-state index in [9.17, 15) is 5.26 Å². The number of hydrogen-bond acceptors (Lipinski definition) is 5. The molecule has 5 nitrogen and oxygen atoms in total. The number of rotatable bonds is 2. The zero-order valence-electron chi connectivity index (χ0n) is 15.5. The molecule has 132 valence electrons. The maximum atomic E-state index is 9.46. The first-order chi connectivity index (χ1) is 11.8. The van der Waals surface area contributed by atoms with Crippen molar-refractivity contribution in [1.29, 1.82) is 5.26 Å². The molecule has 3 rings (SSSR count). The fourth-order valence-electron chi connectivity index (χ4n) is 3.18. The van der Waals surface area contributed by atoms with Crippen molar-refractivity contribution in [1.82, 2.24) is 4.98 Å². The Balaban J connectivity index is 1.92. The van der Waals surface area contributed by atoms with E-state index in [1.165, 1.54) is 5.56 Å². The first kappa shape index (κ1) is 17.5. The van der Waals surface area contributed by atoms with E-state index in [-0.39, 0.29) is 17.6 Å². The molecule has 0 N–H and O–H groups in total. The highest BCUT2D eigenvalue weighted by Gasteiger charge is 2.28. The predicted molar refractivity (Wildman–Crippen MR) is 97.6 cm³/mol. The number of hydrogen-bond donors (Lipinski definition) is 0. The average molecular weight is 339 g/mol. The Bertz CT molecular complexity index is 771. The van der Waals surface area contributed by atoms with Gasteiger partial charge in [-0.2, -0.15) is 10.2 Å². The van der Waals surface area contributed by atoms with Crippen LogP contribution in [0.1, 0.15) is 45.9 Å². The van der Waals surface area contributed by atoms with Crippen LogP contribution in [-0.4, -0.2) is 30.3 Å². The summed E-state index contributed by atoms with van der Waals surface area (Å²) in [5, 5.41) is 9.46. The Hall–Kier alpha value is -2.32. The standard InChI is InChI=1S/C20H25N3O2/c1-13-11-23(12-14(2)24-13)19-17(10-21)22-18(25-19)15-6-8-16(9-7-15)20(3,4)5/h6-9,13-14H,11-12H2,1-5H3. The molecule has 1 aromatic heterocycles. The van der Waals surface area contributed by atoms with Crippen molar-refractivity contribution >= 4 is 5.88 Å². The third-order valence-corrected chi connectivity index (χ3v) is 4.42. The molecule has 2 heterocycles. The summed E-state index contributed by atoms with van der Waals surface area (Å²) in [6.45, 7) is 12.0. The predicted octanol–water partition coefficient (Wildman–Crippen LogP) is 4.12. The number of nitriles is 1.